The van der Waals surface area contributed by atoms with E-state index in [1.54, 1.807) is 28.0 Å². The number of aryl methyl sites for hydroxylation is 3. The number of thioether (sulfide) groups is 1. The molecule has 0 unspecified atom stereocenters. The van der Waals surface area contributed by atoms with Crippen LogP contribution in [0.1, 0.15) is 34.4 Å². The molecule has 0 spiro atoms. The largest absolute Gasteiger partial charge is 0.325 e. The first kappa shape index (κ1) is 23.1. The van der Waals surface area contributed by atoms with Crippen molar-refractivity contribution in [3.05, 3.63) is 85.5 Å². The minimum atomic E-state index is -0.165. The minimum absolute atomic E-state index is 0.0122. The predicted molar refractivity (Wildman–Crippen MR) is 142 cm³/mol. The number of carbonyl (C=O) groups excluding carboxylic acids is 1. The molecular weight excluding hydrogens is 486 g/mol. The highest BCUT2D eigenvalue weighted by molar-refractivity contribution is 7.99. The minimum Gasteiger partial charge on any atom is -0.325 e. The van der Waals surface area contributed by atoms with Gasteiger partial charge >= 0.3 is 0 Å². The van der Waals surface area contributed by atoms with Crippen LogP contribution in [-0.4, -0.2) is 21.2 Å². The normalized spacial score (nSPS) is 13.1. The van der Waals surface area contributed by atoms with E-state index in [9.17, 15) is 9.59 Å². The van der Waals surface area contributed by atoms with Crippen LogP contribution in [-0.2, 0) is 24.2 Å². The number of halogens is 1. The zero-order chi connectivity index (χ0) is 23.7. The first-order valence-corrected chi connectivity index (χ1v) is 13.5. The summed E-state index contributed by atoms with van der Waals surface area (Å²) in [4.78, 5) is 33.4. The predicted octanol–water partition coefficient (Wildman–Crippen LogP) is 6.08. The van der Waals surface area contributed by atoms with Crippen LogP contribution in [0, 0.1) is 6.92 Å². The number of aromatic nitrogens is 2. The lowest BCUT2D eigenvalue weighted by molar-refractivity contribution is -0.113. The number of hydrogen-bond donors (Lipinski definition) is 1. The summed E-state index contributed by atoms with van der Waals surface area (Å²) in [5.41, 5.74) is 3.82. The van der Waals surface area contributed by atoms with E-state index < -0.39 is 0 Å². The number of anilines is 1. The average molecular weight is 510 g/mol. The molecule has 1 aliphatic rings. The third kappa shape index (κ3) is 4.78. The summed E-state index contributed by atoms with van der Waals surface area (Å²) < 4.78 is 1.72. The van der Waals surface area contributed by atoms with Gasteiger partial charge in [0.1, 0.15) is 4.83 Å². The summed E-state index contributed by atoms with van der Waals surface area (Å²) in [5, 5.41) is 4.82. The summed E-state index contributed by atoms with van der Waals surface area (Å²) in [6.45, 7) is 2.34. The van der Waals surface area contributed by atoms with E-state index in [0.29, 0.717) is 22.4 Å². The van der Waals surface area contributed by atoms with Gasteiger partial charge in [-0.1, -0.05) is 59.8 Å². The molecule has 0 aliphatic heterocycles. The van der Waals surface area contributed by atoms with E-state index in [0.717, 1.165) is 47.0 Å². The topological polar surface area (TPSA) is 64.0 Å². The highest BCUT2D eigenvalue weighted by Gasteiger charge is 2.23. The first-order valence-electron chi connectivity index (χ1n) is 11.3. The third-order valence-corrected chi connectivity index (χ3v) is 8.43. The van der Waals surface area contributed by atoms with E-state index >= 15 is 0 Å². The lowest BCUT2D eigenvalue weighted by Crippen LogP contribution is -2.25. The number of thiophene rings is 1. The summed E-state index contributed by atoms with van der Waals surface area (Å²) in [6.07, 6.45) is 4.21. The van der Waals surface area contributed by atoms with Gasteiger partial charge in [0, 0.05) is 15.6 Å². The highest BCUT2D eigenvalue weighted by atomic mass is 35.5. The van der Waals surface area contributed by atoms with Gasteiger partial charge in [-0.25, -0.2) is 4.98 Å². The molecule has 1 aliphatic carbocycles. The first-order chi connectivity index (χ1) is 16.5. The van der Waals surface area contributed by atoms with Gasteiger partial charge in [0.15, 0.2) is 5.16 Å². The van der Waals surface area contributed by atoms with Crippen LogP contribution >= 0.6 is 34.7 Å². The Morgan fingerprint density at radius 3 is 2.79 bits per heavy atom. The Hall–Kier alpha value is -2.61. The van der Waals surface area contributed by atoms with Crippen molar-refractivity contribution in [1.82, 2.24) is 9.55 Å². The lowest BCUT2D eigenvalue weighted by Gasteiger charge is -2.14. The van der Waals surface area contributed by atoms with Crippen molar-refractivity contribution in [2.75, 3.05) is 11.1 Å². The summed E-state index contributed by atoms with van der Waals surface area (Å²) >= 11 is 9.01. The van der Waals surface area contributed by atoms with Crippen molar-refractivity contribution in [3.63, 3.8) is 0 Å². The number of fused-ring (bicyclic) bond motifs is 3. The monoisotopic (exact) mass is 509 g/mol. The van der Waals surface area contributed by atoms with Crippen LogP contribution < -0.4 is 10.9 Å². The van der Waals surface area contributed by atoms with Crippen LogP contribution in [0.2, 0.25) is 5.02 Å². The van der Waals surface area contributed by atoms with Crippen molar-refractivity contribution in [2.45, 2.75) is 44.3 Å². The van der Waals surface area contributed by atoms with Crippen molar-refractivity contribution >= 4 is 56.5 Å². The molecule has 5 rings (SSSR count). The highest BCUT2D eigenvalue weighted by Crippen LogP contribution is 2.35. The Balaban J connectivity index is 1.47. The number of rotatable bonds is 6. The van der Waals surface area contributed by atoms with Gasteiger partial charge in [-0.2, -0.15) is 0 Å². The van der Waals surface area contributed by atoms with Gasteiger partial charge in [-0.05, 0) is 61.4 Å². The number of nitrogens with one attached hydrogen (secondary N) is 1. The van der Waals surface area contributed by atoms with Gasteiger partial charge in [-0.15, -0.1) is 11.3 Å². The molecule has 0 bridgehead atoms. The smallest absolute Gasteiger partial charge is 0.263 e. The Morgan fingerprint density at radius 2 is 1.97 bits per heavy atom. The molecule has 0 radical (unpaired) electrons. The second-order valence-electron chi connectivity index (χ2n) is 8.46. The molecule has 2 aromatic heterocycles. The molecule has 1 amide bonds. The van der Waals surface area contributed by atoms with Gasteiger partial charge in [0.25, 0.3) is 5.56 Å². The molecule has 0 fully saturated rings. The summed E-state index contributed by atoms with van der Waals surface area (Å²) in [6, 6.07) is 15.3. The van der Waals surface area contributed by atoms with Crippen LogP contribution in [0.3, 0.4) is 0 Å². The SMILES string of the molecule is Cc1ccc(Cl)cc1NC(=O)CSc1nc2sc3c(c2c(=O)n1Cc1ccccc1)CCCC3. The molecule has 0 saturated carbocycles. The number of amides is 1. The van der Waals surface area contributed by atoms with Crippen molar-refractivity contribution < 1.29 is 4.79 Å². The molecule has 2 aromatic carbocycles. The second kappa shape index (κ2) is 9.94. The molecule has 5 nitrogen and oxygen atoms in total. The second-order valence-corrected chi connectivity index (χ2v) is 10.9. The number of carbonyl (C=O) groups is 1. The molecule has 4 aromatic rings. The van der Waals surface area contributed by atoms with Gasteiger partial charge < -0.3 is 5.32 Å². The fourth-order valence-electron chi connectivity index (χ4n) is 4.28. The molecule has 174 valence electrons. The average Bonchev–Trinajstić information content (AvgIpc) is 3.21. The molecule has 0 atom stereocenters. The molecule has 34 heavy (non-hydrogen) atoms. The Bertz CT molecular complexity index is 1430. The van der Waals surface area contributed by atoms with Gasteiger partial charge in [0.2, 0.25) is 5.91 Å². The fraction of sp³-hybridized carbons (Fsp3) is 0.269. The van der Waals surface area contributed by atoms with Crippen LogP contribution in [0.15, 0.2) is 58.5 Å². The van der Waals surface area contributed by atoms with Gasteiger partial charge in [-0.3, -0.25) is 14.2 Å². The van der Waals surface area contributed by atoms with Crippen LogP contribution in [0.25, 0.3) is 10.2 Å². The van der Waals surface area contributed by atoms with Crippen molar-refractivity contribution in [1.29, 1.82) is 0 Å². The number of hydrogen-bond acceptors (Lipinski definition) is 5. The zero-order valence-corrected chi connectivity index (χ0v) is 21.2. The lowest BCUT2D eigenvalue weighted by atomic mass is 9.97. The Kier molecular flexibility index (Phi) is 6.77. The number of benzene rings is 2. The van der Waals surface area contributed by atoms with E-state index in [1.807, 2.05) is 43.3 Å². The zero-order valence-electron chi connectivity index (χ0n) is 18.8. The van der Waals surface area contributed by atoms with E-state index in [1.165, 1.54) is 22.2 Å². The Morgan fingerprint density at radius 1 is 1.18 bits per heavy atom. The third-order valence-electron chi connectivity index (χ3n) is 6.03. The maximum atomic E-state index is 13.7. The van der Waals surface area contributed by atoms with Crippen LogP contribution in [0.4, 0.5) is 5.69 Å². The summed E-state index contributed by atoms with van der Waals surface area (Å²) in [5.74, 6) is -0.0227. The van der Waals surface area contributed by atoms with E-state index in [-0.39, 0.29) is 17.2 Å². The quantitative estimate of drug-likeness (QED) is 0.253. The Labute approximate surface area is 211 Å². The van der Waals surface area contributed by atoms with Crippen molar-refractivity contribution in [3.8, 4) is 0 Å². The maximum absolute atomic E-state index is 13.7. The molecule has 1 N–H and O–H groups in total. The maximum Gasteiger partial charge on any atom is 0.263 e. The van der Waals surface area contributed by atoms with Crippen molar-refractivity contribution in [2.24, 2.45) is 0 Å². The molecular formula is C26H24ClN3O2S2. The number of nitrogens with zero attached hydrogens (tertiary/aromatic N) is 2. The molecule has 8 heteroatoms. The van der Waals surface area contributed by atoms with Gasteiger partial charge in [0.05, 0.1) is 17.7 Å². The van der Waals surface area contributed by atoms with E-state index in [2.05, 4.69) is 5.32 Å². The van der Waals surface area contributed by atoms with Crippen LogP contribution in [0.5, 0.6) is 0 Å². The summed E-state index contributed by atoms with van der Waals surface area (Å²) in [7, 11) is 0. The molecule has 0 saturated heterocycles. The molecule has 2 heterocycles. The fourth-order valence-corrected chi connectivity index (χ4v) is 6.55. The standard InChI is InChI=1S/C26H24ClN3O2S2/c1-16-11-12-18(27)13-20(16)28-22(31)15-33-26-29-24-23(19-9-5-6-10-21(19)34-24)25(32)30(26)14-17-7-3-2-4-8-17/h2-4,7-8,11-13H,5-6,9-10,14-15H2,1H3,(H,28,31). The van der Waals surface area contributed by atoms with E-state index in [4.69, 9.17) is 16.6 Å².